The molecule has 2 heterocycles. The van der Waals surface area contributed by atoms with Crippen molar-refractivity contribution in [1.29, 1.82) is 0 Å². The molecule has 0 radical (unpaired) electrons. The molecule has 1 saturated heterocycles. The van der Waals surface area contributed by atoms with Gasteiger partial charge in [-0.05, 0) is 32.9 Å². The van der Waals surface area contributed by atoms with Gasteiger partial charge in [-0.3, -0.25) is 9.47 Å². The van der Waals surface area contributed by atoms with Crippen LogP contribution in [0.15, 0.2) is 24.5 Å². The summed E-state index contributed by atoms with van der Waals surface area (Å²) in [7, 11) is 0. The van der Waals surface area contributed by atoms with E-state index in [2.05, 4.69) is 5.43 Å². The van der Waals surface area contributed by atoms with Crippen molar-refractivity contribution >= 4 is 12.1 Å². The van der Waals surface area contributed by atoms with Gasteiger partial charge in [-0.2, -0.15) is 0 Å². The Labute approximate surface area is 123 Å². The van der Waals surface area contributed by atoms with Gasteiger partial charge in [-0.25, -0.2) is 4.79 Å². The lowest BCUT2D eigenvalue weighted by molar-refractivity contribution is -0.140. The van der Waals surface area contributed by atoms with Crippen LogP contribution in [0.2, 0.25) is 0 Å². The normalized spacial score (nSPS) is 17.0. The summed E-state index contributed by atoms with van der Waals surface area (Å²) in [5, 5.41) is 9.07. The highest BCUT2D eigenvalue weighted by Gasteiger charge is 2.48. The number of carboxylic acids is 1. The number of carbonyl (C=O) groups is 2. The SMILES string of the molecule is CC(C)(C)OC(=O)N1CC(CC(=O)O)(Nn2cccc2)C1. The Kier molecular flexibility index (Phi) is 3.85. The molecule has 0 atom stereocenters. The summed E-state index contributed by atoms with van der Waals surface area (Å²) in [4.78, 5) is 24.5. The zero-order valence-corrected chi connectivity index (χ0v) is 12.5. The molecule has 0 aliphatic carbocycles. The highest BCUT2D eigenvalue weighted by Crippen LogP contribution is 2.27. The highest BCUT2D eigenvalue weighted by atomic mass is 16.6. The largest absolute Gasteiger partial charge is 0.481 e. The molecular formula is C14H21N3O4. The molecule has 7 heteroatoms. The number of amides is 1. The summed E-state index contributed by atoms with van der Waals surface area (Å²) >= 11 is 0. The second-order valence-corrected chi connectivity index (χ2v) is 6.39. The van der Waals surface area contributed by atoms with E-state index < -0.39 is 23.2 Å². The fourth-order valence-corrected chi connectivity index (χ4v) is 2.33. The first-order valence-electron chi connectivity index (χ1n) is 6.80. The predicted molar refractivity (Wildman–Crippen MR) is 76.6 cm³/mol. The summed E-state index contributed by atoms with van der Waals surface area (Å²) in [5.41, 5.74) is 1.91. The van der Waals surface area contributed by atoms with Crippen LogP contribution in [0.3, 0.4) is 0 Å². The lowest BCUT2D eigenvalue weighted by atomic mass is 9.87. The van der Waals surface area contributed by atoms with Gasteiger partial charge in [-0.15, -0.1) is 0 Å². The summed E-state index contributed by atoms with van der Waals surface area (Å²) in [6.45, 7) is 5.99. The minimum Gasteiger partial charge on any atom is -0.481 e. The summed E-state index contributed by atoms with van der Waals surface area (Å²) < 4.78 is 6.98. The number of ether oxygens (including phenoxy) is 1. The number of aliphatic carboxylic acids is 1. The predicted octanol–water partition coefficient (Wildman–Crippen LogP) is 1.50. The van der Waals surface area contributed by atoms with E-state index >= 15 is 0 Å². The molecule has 2 rings (SSSR count). The van der Waals surface area contributed by atoms with Crippen molar-refractivity contribution < 1.29 is 19.4 Å². The van der Waals surface area contributed by atoms with Gasteiger partial charge in [-0.1, -0.05) is 0 Å². The average Bonchev–Trinajstić information content (AvgIpc) is 2.74. The highest BCUT2D eigenvalue weighted by molar-refractivity contribution is 5.73. The first kappa shape index (κ1) is 15.2. The van der Waals surface area contributed by atoms with Crippen LogP contribution in [0, 0.1) is 0 Å². The number of hydrogen-bond acceptors (Lipinski definition) is 4. The molecule has 116 valence electrons. The van der Waals surface area contributed by atoms with Gasteiger partial charge in [0.15, 0.2) is 0 Å². The summed E-state index contributed by atoms with van der Waals surface area (Å²) in [6.07, 6.45) is 3.10. The molecule has 1 aromatic rings. The first-order chi connectivity index (χ1) is 9.69. The van der Waals surface area contributed by atoms with E-state index in [0.29, 0.717) is 13.1 Å². The maximum absolute atomic E-state index is 11.9. The van der Waals surface area contributed by atoms with E-state index in [1.54, 1.807) is 37.8 Å². The number of nitrogens with one attached hydrogen (secondary N) is 1. The van der Waals surface area contributed by atoms with Crippen LogP contribution in [0.4, 0.5) is 4.79 Å². The maximum Gasteiger partial charge on any atom is 0.410 e. The van der Waals surface area contributed by atoms with Crippen molar-refractivity contribution in [3.63, 3.8) is 0 Å². The third-order valence-corrected chi connectivity index (χ3v) is 3.10. The lowest BCUT2D eigenvalue weighted by Crippen LogP contribution is -2.69. The van der Waals surface area contributed by atoms with Crippen LogP contribution in [0.25, 0.3) is 0 Å². The van der Waals surface area contributed by atoms with Crippen LogP contribution in [0.1, 0.15) is 27.2 Å². The van der Waals surface area contributed by atoms with Crippen molar-refractivity contribution in [2.75, 3.05) is 18.5 Å². The molecule has 0 saturated carbocycles. The third kappa shape index (κ3) is 3.90. The van der Waals surface area contributed by atoms with Crippen molar-refractivity contribution in [3.05, 3.63) is 24.5 Å². The minimum atomic E-state index is -0.904. The van der Waals surface area contributed by atoms with Crippen molar-refractivity contribution in [2.45, 2.75) is 38.3 Å². The molecule has 1 aliphatic heterocycles. The quantitative estimate of drug-likeness (QED) is 0.879. The molecule has 2 N–H and O–H groups in total. The van der Waals surface area contributed by atoms with Gasteiger partial charge in [0.2, 0.25) is 0 Å². The standard InChI is InChI=1S/C14H21N3O4/c1-13(2,3)21-12(20)16-9-14(10-16,8-11(18)19)15-17-6-4-5-7-17/h4-7,15H,8-10H2,1-3H3,(H,18,19). The Hall–Kier alpha value is -2.18. The summed E-state index contributed by atoms with van der Waals surface area (Å²) in [5.74, 6) is -0.904. The van der Waals surface area contributed by atoms with E-state index in [1.807, 2.05) is 12.1 Å². The van der Waals surface area contributed by atoms with Gasteiger partial charge >= 0.3 is 12.1 Å². The molecule has 1 aromatic heterocycles. The molecule has 0 bridgehead atoms. The Morgan fingerprint density at radius 2 is 1.86 bits per heavy atom. The number of nitrogens with zero attached hydrogens (tertiary/aromatic N) is 2. The van der Waals surface area contributed by atoms with Crippen molar-refractivity contribution in [3.8, 4) is 0 Å². The smallest absolute Gasteiger partial charge is 0.410 e. The molecule has 1 amide bonds. The first-order valence-corrected chi connectivity index (χ1v) is 6.80. The van der Waals surface area contributed by atoms with Gasteiger partial charge in [0.05, 0.1) is 25.0 Å². The zero-order chi connectivity index (χ0) is 15.7. The van der Waals surface area contributed by atoms with Gasteiger partial charge in [0.25, 0.3) is 0 Å². The van der Waals surface area contributed by atoms with Gasteiger partial charge in [0, 0.05) is 12.4 Å². The fourth-order valence-electron chi connectivity index (χ4n) is 2.33. The molecule has 21 heavy (non-hydrogen) atoms. The maximum atomic E-state index is 11.9. The Morgan fingerprint density at radius 3 is 2.33 bits per heavy atom. The Balaban J connectivity index is 1.99. The number of aromatic nitrogens is 1. The topological polar surface area (TPSA) is 83.8 Å². The second-order valence-electron chi connectivity index (χ2n) is 6.39. The van der Waals surface area contributed by atoms with E-state index in [1.165, 1.54) is 4.90 Å². The summed E-state index contributed by atoms with van der Waals surface area (Å²) in [6, 6.07) is 3.68. The number of likely N-dealkylation sites (tertiary alicyclic amines) is 1. The molecule has 0 aromatic carbocycles. The van der Waals surface area contributed by atoms with Crippen molar-refractivity contribution in [2.24, 2.45) is 0 Å². The lowest BCUT2D eigenvalue weighted by Gasteiger charge is -2.49. The second kappa shape index (κ2) is 5.31. The van der Waals surface area contributed by atoms with Gasteiger partial charge < -0.3 is 20.2 Å². The van der Waals surface area contributed by atoms with Crippen molar-refractivity contribution in [1.82, 2.24) is 9.58 Å². The van der Waals surface area contributed by atoms with E-state index in [0.717, 1.165) is 0 Å². The van der Waals surface area contributed by atoms with Crippen LogP contribution in [-0.4, -0.2) is 51.0 Å². The van der Waals surface area contributed by atoms with Crippen LogP contribution >= 0.6 is 0 Å². The number of carboxylic acid groups (broad SMARTS) is 1. The Morgan fingerprint density at radius 1 is 1.29 bits per heavy atom. The number of carbonyl (C=O) groups excluding carboxylic acids is 1. The molecule has 1 fully saturated rings. The Bertz CT molecular complexity index is 513. The fraction of sp³-hybridized carbons (Fsp3) is 0.571. The molecular weight excluding hydrogens is 274 g/mol. The monoisotopic (exact) mass is 295 g/mol. The zero-order valence-electron chi connectivity index (χ0n) is 12.5. The third-order valence-electron chi connectivity index (χ3n) is 3.10. The van der Waals surface area contributed by atoms with E-state index in [-0.39, 0.29) is 6.42 Å². The molecule has 0 spiro atoms. The average molecular weight is 295 g/mol. The van der Waals surface area contributed by atoms with Crippen LogP contribution in [-0.2, 0) is 9.53 Å². The number of hydrogen-bond donors (Lipinski definition) is 2. The van der Waals surface area contributed by atoms with E-state index in [4.69, 9.17) is 9.84 Å². The van der Waals surface area contributed by atoms with Crippen LogP contribution < -0.4 is 5.43 Å². The van der Waals surface area contributed by atoms with Gasteiger partial charge in [0.1, 0.15) is 5.60 Å². The van der Waals surface area contributed by atoms with Crippen LogP contribution in [0.5, 0.6) is 0 Å². The molecule has 0 unspecified atom stereocenters. The van der Waals surface area contributed by atoms with E-state index in [9.17, 15) is 9.59 Å². The minimum absolute atomic E-state index is 0.0650. The molecule has 7 nitrogen and oxygen atoms in total. The number of rotatable bonds is 4. The molecule has 1 aliphatic rings.